The van der Waals surface area contributed by atoms with Gasteiger partial charge in [-0.25, -0.2) is 0 Å². The van der Waals surface area contributed by atoms with Crippen LogP contribution < -0.4 is 5.32 Å². The van der Waals surface area contributed by atoms with Gasteiger partial charge in [-0.2, -0.15) is 0 Å². The van der Waals surface area contributed by atoms with E-state index in [4.69, 9.17) is 28.6 Å². The first-order valence-electron chi connectivity index (χ1n) is 11.2. The summed E-state index contributed by atoms with van der Waals surface area (Å²) in [7, 11) is 4.24. The molecule has 30 heavy (non-hydrogen) atoms. The van der Waals surface area contributed by atoms with Gasteiger partial charge in [-0.15, -0.1) is 6.58 Å². The maximum atomic E-state index is 6.14. The van der Waals surface area contributed by atoms with Crippen molar-refractivity contribution in [3.8, 4) is 0 Å². The van der Waals surface area contributed by atoms with E-state index in [9.17, 15) is 0 Å². The number of halogens is 1. The van der Waals surface area contributed by atoms with Gasteiger partial charge in [-0.05, 0) is 88.6 Å². The molecule has 4 nitrogen and oxygen atoms in total. The molecule has 0 unspecified atom stereocenters. The molecular formula is C24H38ClN3OS. The molecule has 1 aliphatic carbocycles. The molecule has 1 aliphatic rings. The summed E-state index contributed by atoms with van der Waals surface area (Å²) < 4.78 is 6.14. The molecule has 0 spiro atoms. The summed E-state index contributed by atoms with van der Waals surface area (Å²) in [6.07, 6.45) is 11.8. The zero-order valence-corrected chi connectivity index (χ0v) is 20.2. The number of likely N-dealkylation sites (N-methyl/N-ethyl adjacent to an activating group) is 1. The number of thiocarbonyl (C=S) groups is 1. The van der Waals surface area contributed by atoms with Gasteiger partial charge in [0.1, 0.15) is 0 Å². The number of nitrogens with one attached hydrogen (secondary N) is 1. The third kappa shape index (κ3) is 9.34. The molecule has 0 aliphatic heterocycles. The molecule has 0 atom stereocenters. The molecule has 2 rings (SSSR count). The van der Waals surface area contributed by atoms with E-state index in [2.05, 4.69) is 35.8 Å². The molecule has 1 fully saturated rings. The molecule has 6 heteroatoms. The van der Waals surface area contributed by atoms with Crippen LogP contribution in [0.25, 0.3) is 0 Å². The lowest BCUT2D eigenvalue weighted by molar-refractivity contribution is 0.0149. The summed E-state index contributed by atoms with van der Waals surface area (Å²) in [5, 5.41) is 4.80. The van der Waals surface area contributed by atoms with Gasteiger partial charge < -0.3 is 19.9 Å². The summed E-state index contributed by atoms with van der Waals surface area (Å²) in [5.41, 5.74) is 0.973. The minimum absolute atomic E-state index is 0.408. The molecule has 0 aromatic heterocycles. The third-order valence-electron chi connectivity index (χ3n) is 5.84. The summed E-state index contributed by atoms with van der Waals surface area (Å²) in [4.78, 5) is 4.51. The number of rotatable bonds is 12. The van der Waals surface area contributed by atoms with Crippen molar-refractivity contribution in [2.24, 2.45) is 0 Å². The molecule has 0 radical (unpaired) electrons. The second-order valence-corrected chi connectivity index (χ2v) is 9.14. The largest absolute Gasteiger partial charge is 0.378 e. The van der Waals surface area contributed by atoms with Crippen molar-refractivity contribution < 1.29 is 4.74 Å². The second kappa shape index (κ2) is 14.0. The number of hydrogen-bond acceptors (Lipinski definition) is 3. The van der Waals surface area contributed by atoms with E-state index in [0.29, 0.717) is 12.1 Å². The number of nitrogens with zero attached hydrogens (tertiary/aromatic N) is 2. The van der Waals surface area contributed by atoms with Gasteiger partial charge in [0, 0.05) is 37.0 Å². The lowest BCUT2D eigenvalue weighted by Gasteiger charge is -2.36. The molecule has 168 valence electrons. The molecular weight excluding hydrogens is 414 g/mol. The lowest BCUT2D eigenvalue weighted by atomic mass is 9.92. The third-order valence-corrected chi connectivity index (χ3v) is 6.48. The molecule has 0 heterocycles. The van der Waals surface area contributed by atoms with E-state index in [1.807, 2.05) is 30.3 Å². The van der Waals surface area contributed by atoms with Gasteiger partial charge in [0.05, 0.1) is 6.10 Å². The van der Waals surface area contributed by atoms with E-state index in [1.54, 1.807) is 0 Å². The van der Waals surface area contributed by atoms with Gasteiger partial charge in [0.2, 0.25) is 0 Å². The Labute approximate surface area is 193 Å². The number of benzene rings is 1. The maximum absolute atomic E-state index is 6.14. The maximum Gasteiger partial charge on any atom is 0.173 e. The van der Waals surface area contributed by atoms with Crippen LogP contribution in [-0.2, 0) is 4.74 Å². The first-order valence-corrected chi connectivity index (χ1v) is 12.0. The molecule has 1 saturated carbocycles. The molecule has 1 N–H and O–H groups in total. The highest BCUT2D eigenvalue weighted by atomic mass is 35.5. The molecule has 0 bridgehead atoms. The summed E-state index contributed by atoms with van der Waals surface area (Å²) in [6, 6.07) is 8.12. The standard InChI is InChI=1S/C24H38ClN3OS/c1-4-17-27(2)18-7-5-6-8-19-29-23-15-13-22(14-16-23)28(3)24(30)26-21-11-9-20(25)10-12-21/h4,9-12,22-23H,1,5-8,13-19H2,2-3H3,(H,26,30). The Morgan fingerprint density at radius 3 is 2.47 bits per heavy atom. The monoisotopic (exact) mass is 451 g/mol. The van der Waals surface area contributed by atoms with Crippen molar-refractivity contribution in [2.75, 3.05) is 39.1 Å². The van der Waals surface area contributed by atoms with Crippen LogP contribution in [0.2, 0.25) is 5.02 Å². The first kappa shape index (κ1) is 25.1. The van der Waals surface area contributed by atoms with E-state index >= 15 is 0 Å². The van der Waals surface area contributed by atoms with Crippen LogP contribution in [0, 0.1) is 0 Å². The molecule has 0 amide bonds. The van der Waals surface area contributed by atoms with Crippen molar-refractivity contribution >= 4 is 34.6 Å². The van der Waals surface area contributed by atoms with Gasteiger partial charge in [-0.1, -0.05) is 30.5 Å². The average Bonchev–Trinajstić information content (AvgIpc) is 2.74. The Bertz CT molecular complexity index is 632. The normalized spacial score (nSPS) is 18.9. The molecule has 0 saturated heterocycles. The fourth-order valence-corrected chi connectivity index (χ4v) is 4.30. The fourth-order valence-electron chi connectivity index (χ4n) is 3.91. The average molecular weight is 452 g/mol. The highest BCUT2D eigenvalue weighted by molar-refractivity contribution is 7.80. The predicted molar refractivity (Wildman–Crippen MR) is 134 cm³/mol. The van der Waals surface area contributed by atoms with Crippen LogP contribution in [0.5, 0.6) is 0 Å². The summed E-state index contributed by atoms with van der Waals surface area (Å²) in [5.74, 6) is 0. The van der Waals surface area contributed by atoms with Crippen molar-refractivity contribution in [3.05, 3.63) is 41.9 Å². The Morgan fingerprint density at radius 2 is 1.80 bits per heavy atom. The van der Waals surface area contributed by atoms with Crippen molar-refractivity contribution in [1.82, 2.24) is 9.80 Å². The van der Waals surface area contributed by atoms with Gasteiger partial charge in [0.25, 0.3) is 0 Å². The summed E-state index contributed by atoms with van der Waals surface area (Å²) >= 11 is 11.5. The van der Waals surface area contributed by atoms with Gasteiger partial charge in [0.15, 0.2) is 5.11 Å². The topological polar surface area (TPSA) is 27.7 Å². The van der Waals surface area contributed by atoms with E-state index < -0.39 is 0 Å². The van der Waals surface area contributed by atoms with Gasteiger partial charge >= 0.3 is 0 Å². The van der Waals surface area contributed by atoms with E-state index in [0.717, 1.165) is 61.2 Å². The Hall–Kier alpha value is -1.14. The van der Waals surface area contributed by atoms with Crippen LogP contribution in [0.4, 0.5) is 5.69 Å². The second-order valence-electron chi connectivity index (χ2n) is 8.31. The predicted octanol–water partition coefficient (Wildman–Crippen LogP) is 5.97. The van der Waals surface area contributed by atoms with Crippen LogP contribution in [0.15, 0.2) is 36.9 Å². The van der Waals surface area contributed by atoms with Crippen LogP contribution >= 0.6 is 23.8 Å². The number of anilines is 1. The van der Waals surface area contributed by atoms with Gasteiger partial charge in [-0.3, -0.25) is 0 Å². The number of hydrogen-bond donors (Lipinski definition) is 1. The minimum atomic E-state index is 0.408. The zero-order valence-electron chi connectivity index (χ0n) is 18.6. The van der Waals surface area contributed by atoms with Crippen molar-refractivity contribution in [3.63, 3.8) is 0 Å². The smallest absolute Gasteiger partial charge is 0.173 e. The van der Waals surface area contributed by atoms with Crippen molar-refractivity contribution in [1.29, 1.82) is 0 Å². The number of ether oxygens (including phenoxy) is 1. The van der Waals surface area contributed by atoms with E-state index in [-0.39, 0.29) is 0 Å². The summed E-state index contributed by atoms with van der Waals surface area (Å²) in [6.45, 7) is 6.80. The van der Waals surface area contributed by atoms with Crippen LogP contribution in [0.1, 0.15) is 51.4 Å². The lowest BCUT2D eigenvalue weighted by Crippen LogP contribution is -2.42. The highest BCUT2D eigenvalue weighted by Crippen LogP contribution is 2.25. The minimum Gasteiger partial charge on any atom is -0.378 e. The fraction of sp³-hybridized carbons (Fsp3) is 0.625. The Morgan fingerprint density at radius 1 is 1.13 bits per heavy atom. The van der Waals surface area contributed by atoms with E-state index in [1.165, 1.54) is 25.7 Å². The Balaban J connectivity index is 1.55. The SMILES string of the molecule is C=CCN(C)CCCCCCOC1CCC(N(C)C(=S)Nc2ccc(Cl)cc2)CC1. The van der Waals surface area contributed by atoms with Crippen LogP contribution in [-0.4, -0.2) is 60.8 Å². The van der Waals surface area contributed by atoms with Crippen LogP contribution in [0.3, 0.4) is 0 Å². The molecule has 1 aromatic carbocycles. The highest BCUT2D eigenvalue weighted by Gasteiger charge is 2.25. The zero-order chi connectivity index (χ0) is 21.8. The van der Waals surface area contributed by atoms with Crippen molar-refractivity contribution in [2.45, 2.75) is 63.5 Å². The number of unbranched alkanes of at least 4 members (excludes halogenated alkanes) is 3. The Kier molecular flexibility index (Phi) is 11.7. The molecule has 1 aromatic rings. The first-order chi connectivity index (χ1) is 14.5. The quantitative estimate of drug-likeness (QED) is 0.240.